The van der Waals surface area contributed by atoms with Gasteiger partial charge in [-0.1, -0.05) is 0 Å². The summed E-state index contributed by atoms with van der Waals surface area (Å²) in [6.45, 7) is 4.26. The lowest BCUT2D eigenvalue weighted by molar-refractivity contribution is 0.0371. The number of amides is 1. The molecule has 1 aliphatic rings. The summed E-state index contributed by atoms with van der Waals surface area (Å²) in [6.07, 6.45) is 6.02. The molecule has 3 aromatic rings. The summed E-state index contributed by atoms with van der Waals surface area (Å²) >= 11 is 0. The molecule has 2 atom stereocenters. The molecule has 3 heterocycles. The third-order valence-corrected chi connectivity index (χ3v) is 5.68. The van der Waals surface area contributed by atoms with E-state index in [1.165, 1.54) is 4.80 Å². The van der Waals surface area contributed by atoms with Crippen LogP contribution in [0.25, 0.3) is 5.69 Å². The third kappa shape index (κ3) is 4.12. The van der Waals surface area contributed by atoms with Crippen LogP contribution < -0.4 is 9.47 Å². The number of aromatic nitrogens is 4. The Bertz CT molecular complexity index is 1160. The highest BCUT2D eigenvalue weighted by atomic mass is 16.5. The third-order valence-electron chi connectivity index (χ3n) is 5.68. The lowest BCUT2D eigenvalue weighted by Gasteiger charge is -2.38. The van der Waals surface area contributed by atoms with Gasteiger partial charge in [0.25, 0.3) is 5.91 Å². The predicted molar refractivity (Wildman–Crippen MR) is 116 cm³/mol. The summed E-state index contributed by atoms with van der Waals surface area (Å²) in [4.78, 5) is 21.0. The fraction of sp³-hybridized carbons (Fsp3) is 0.348. The van der Waals surface area contributed by atoms with E-state index in [2.05, 4.69) is 21.3 Å². The van der Waals surface area contributed by atoms with E-state index in [1.807, 2.05) is 13.8 Å². The number of benzene rings is 1. The van der Waals surface area contributed by atoms with E-state index in [4.69, 9.17) is 9.47 Å². The van der Waals surface area contributed by atoms with E-state index < -0.39 is 0 Å². The van der Waals surface area contributed by atoms with Gasteiger partial charge in [-0.2, -0.15) is 20.3 Å². The quantitative estimate of drug-likeness (QED) is 0.610. The minimum atomic E-state index is -0.263. The number of rotatable bonds is 5. The number of pyridine rings is 1. The van der Waals surface area contributed by atoms with Crippen LogP contribution in [0.15, 0.2) is 42.9 Å². The Labute approximate surface area is 186 Å². The zero-order chi connectivity index (χ0) is 22.7. The number of likely N-dealkylation sites (tertiary alicyclic amines) is 1. The highest BCUT2D eigenvalue weighted by Gasteiger charge is 2.33. The lowest BCUT2D eigenvalue weighted by Crippen LogP contribution is -2.49. The molecule has 164 valence electrons. The second-order valence-electron chi connectivity index (χ2n) is 7.75. The van der Waals surface area contributed by atoms with Crippen LogP contribution in [0.4, 0.5) is 0 Å². The van der Waals surface area contributed by atoms with Crippen molar-refractivity contribution in [3.63, 3.8) is 0 Å². The first-order valence-electron chi connectivity index (χ1n) is 10.4. The smallest absolute Gasteiger partial charge is 0.256 e. The van der Waals surface area contributed by atoms with Crippen LogP contribution in [-0.4, -0.2) is 56.6 Å². The van der Waals surface area contributed by atoms with Gasteiger partial charge in [-0.25, -0.2) is 4.98 Å². The van der Waals surface area contributed by atoms with Crippen molar-refractivity contribution in [1.29, 1.82) is 5.26 Å². The zero-order valence-corrected chi connectivity index (χ0v) is 18.2. The van der Waals surface area contributed by atoms with E-state index >= 15 is 0 Å². The number of carbonyl (C=O) groups is 1. The van der Waals surface area contributed by atoms with Crippen molar-refractivity contribution >= 4 is 5.91 Å². The highest BCUT2D eigenvalue weighted by Crippen LogP contribution is 2.28. The van der Waals surface area contributed by atoms with Gasteiger partial charge in [-0.05, 0) is 50.5 Å². The van der Waals surface area contributed by atoms with E-state index in [0.717, 1.165) is 18.4 Å². The molecule has 0 N–H and O–H groups in total. The second kappa shape index (κ2) is 9.06. The maximum Gasteiger partial charge on any atom is 0.256 e. The molecule has 32 heavy (non-hydrogen) atoms. The number of aryl methyl sites for hydroxylation is 1. The first-order valence-corrected chi connectivity index (χ1v) is 10.4. The molecule has 0 spiro atoms. The monoisotopic (exact) mass is 432 g/mol. The largest absolute Gasteiger partial charge is 0.497 e. The van der Waals surface area contributed by atoms with Crippen LogP contribution in [0.2, 0.25) is 0 Å². The van der Waals surface area contributed by atoms with Crippen LogP contribution in [-0.2, 0) is 0 Å². The van der Waals surface area contributed by atoms with E-state index in [-0.39, 0.29) is 18.1 Å². The van der Waals surface area contributed by atoms with Crippen molar-refractivity contribution in [3.05, 3.63) is 59.5 Å². The van der Waals surface area contributed by atoms with Gasteiger partial charge >= 0.3 is 0 Å². The molecule has 9 nitrogen and oxygen atoms in total. The van der Waals surface area contributed by atoms with E-state index in [9.17, 15) is 10.1 Å². The molecule has 1 aliphatic heterocycles. The maximum atomic E-state index is 13.6. The number of nitriles is 1. The maximum absolute atomic E-state index is 13.6. The molecule has 2 aromatic heterocycles. The minimum absolute atomic E-state index is 0.0313. The molecule has 0 aliphatic carbocycles. The molecule has 9 heteroatoms. The van der Waals surface area contributed by atoms with Crippen LogP contribution in [0, 0.1) is 18.3 Å². The molecule has 1 amide bonds. The molecule has 1 saturated heterocycles. The number of nitrogens with zero attached hydrogens (tertiary/aromatic N) is 6. The molecular formula is C23H24N6O3. The summed E-state index contributed by atoms with van der Waals surface area (Å²) in [7, 11) is 1.57. The number of carbonyl (C=O) groups excluding carboxylic acids is 1. The number of piperidine rings is 1. The van der Waals surface area contributed by atoms with Crippen molar-refractivity contribution in [3.8, 4) is 23.4 Å². The van der Waals surface area contributed by atoms with Crippen LogP contribution >= 0.6 is 0 Å². The molecule has 4 rings (SSSR count). The minimum Gasteiger partial charge on any atom is -0.497 e. The topological polar surface area (TPSA) is 106 Å². The number of hydrogen-bond acceptors (Lipinski definition) is 7. The predicted octanol–water partition coefficient (Wildman–Crippen LogP) is 2.92. The van der Waals surface area contributed by atoms with Gasteiger partial charge in [-0.3, -0.25) is 4.79 Å². The van der Waals surface area contributed by atoms with Gasteiger partial charge in [0.05, 0.1) is 31.6 Å². The molecule has 1 fully saturated rings. The molecular weight excluding hydrogens is 408 g/mol. The van der Waals surface area contributed by atoms with Gasteiger partial charge in [0, 0.05) is 18.3 Å². The van der Waals surface area contributed by atoms with E-state index in [0.29, 0.717) is 35.0 Å². The average molecular weight is 432 g/mol. The molecule has 2 unspecified atom stereocenters. The Kier molecular flexibility index (Phi) is 6.03. The Morgan fingerprint density at radius 1 is 1.19 bits per heavy atom. The van der Waals surface area contributed by atoms with E-state index in [1.54, 1.807) is 54.9 Å². The SMILES string of the molecule is COc1ccc(C(=O)N2CC(Oc3nccc(C)c3C#N)CCC2C)c(-n2nccn2)c1. The van der Waals surface area contributed by atoms with Gasteiger partial charge in [0.15, 0.2) is 0 Å². The van der Waals surface area contributed by atoms with Gasteiger partial charge in [0.2, 0.25) is 5.88 Å². The Morgan fingerprint density at radius 2 is 1.97 bits per heavy atom. The van der Waals surface area contributed by atoms with Gasteiger partial charge in [0.1, 0.15) is 29.2 Å². The molecule has 0 radical (unpaired) electrons. The van der Waals surface area contributed by atoms with Crippen LogP contribution in [0.5, 0.6) is 11.6 Å². The van der Waals surface area contributed by atoms with Crippen molar-refractivity contribution in [2.75, 3.05) is 13.7 Å². The van der Waals surface area contributed by atoms with Crippen molar-refractivity contribution in [2.24, 2.45) is 0 Å². The lowest BCUT2D eigenvalue weighted by atomic mass is 9.99. The fourth-order valence-electron chi connectivity index (χ4n) is 3.85. The Hall–Kier alpha value is -3.93. The van der Waals surface area contributed by atoms with Crippen molar-refractivity contribution in [1.82, 2.24) is 24.9 Å². The Morgan fingerprint density at radius 3 is 2.69 bits per heavy atom. The van der Waals surface area contributed by atoms with Gasteiger partial charge in [-0.15, -0.1) is 0 Å². The molecule has 0 saturated carbocycles. The number of ether oxygens (including phenoxy) is 2. The first-order chi connectivity index (χ1) is 15.5. The highest BCUT2D eigenvalue weighted by molar-refractivity contribution is 5.98. The summed E-state index contributed by atoms with van der Waals surface area (Å²) in [5, 5.41) is 17.8. The fourth-order valence-corrected chi connectivity index (χ4v) is 3.85. The van der Waals surface area contributed by atoms with Crippen LogP contribution in [0.1, 0.15) is 41.3 Å². The van der Waals surface area contributed by atoms with Crippen molar-refractivity contribution < 1.29 is 14.3 Å². The Balaban J connectivity index is 1.60. The zero-order valence-electron chi connectivity index (χ0n) is 18.2. The summed E-state index contributed by atoms with van der Waals surface area (Å²) in [6, 6.07) is 9.19. The summed E-state index contributed by atoms with van der Waals surface area (Å²) < 4.78 is 11.4. The molecule has 1 aromatic carbocycles. The molecule has 0 bridgehead atoms. The van der Waals surface area contributed by atoms with Crippen molar-refractivity contribution in [2.45, 2.75) is 38.8 Å². The average Bonchev–Trinajstić information content (AvgIpc) is 3.34. The normalized spacial score (nSPS) is 18.1. The summed E-state index contributed by atoms with van der Waals surface area (Å²) in [5.74, 6) is 0.778. The first kappa shape index (κ1) is 21.3. The second-order valence-corrected chi connectivity index (χ2v) is 7.75. The number of hydrogen-bond donors (Lipinski definition) is 0. The number of methoxy groups -OCH3 is 1. The summed E-state index contributed by atoms with van der Waals surface area (Å²) in [5.41, 5.74) is 2.25. The standard InChI is InChI=1S/C23H24N6O3/c1-15-8-9-25-22(20(15)13-24)32-18-5-4-16(2)28(14-18)23(30)19-7-6-17(31-3)12-21(19)29-26-10-11-27-29/h6-12,16,18H,4-5,14H2,1-3H3. The van der Waals surface area contributed by atoms with Crippen LogP contribution in [0.3, 0.4) is 0 Å². The van der Waals surface area contributed by atoms with Gasteiger partial charge < -0.3 is 14.4 Å².